The predicted octanol–water partition coefficient (Wildman–Crippen LogP) is 2.28. The van der Waals surface area contributed by atoms with E-state index in [2.05, 4.69) is 0 Å². The third-order valence-electron chi connectivity index (χ3n) is 5.09. The molecule has 1 aromatic heterocycles. The number of benzene rings is 2. The molecule has 8 nitrogen and oxygen atoms in total. The molecule has 0 spiro atoms. The number of pyridine rings is 1. The lowest BCUT2D eigenvalue weighted by Crippen LogP contribution is -2.53. The maximum absolute atomic E-state index is 13.3. The van der Waals surface area contributed by atoms with Gasteiger partial charge in [0.05, 0.1) is 6.54 Å². The van der Waals surface area contributed by atoms with Crippen LogP contribution in [0.2, 0.25) is 0 Å². The van der Waals surface area contributed by atoms with Crippen molar-refractivity contribution >= 4 is 11.9 Å². The molecular weight excluding hydrogens is 424 g/mol. The smallest absolute Gasteiger partial charge is 0.341 e. The largest absolute Gasteiger partial charge is 0.502 e. The highest BCUT2D eigenvalue weighted by Crippen LogP contribution is 2.24. The van der Waals surface area contributed by atoms with Gasteiger partial charge in [-0.15, -0.1) is 0 Å². The zero-order valence-corrected chi connectivity index (χ0v) is 16.5. The number of carboxylic acid groups (broad SMARTS) is 1. The molecule has 1 aliphatic rings. The number of carboxylic acids is 1. The van der Waals surface area contributed by atoms with Crippen LogP contribution in [0, 0.1) is 11.6 Å². The number of aromatic carboxylic acids is 1. The van der Waals surface area contributed by atoms with Gasteiger partial charge in [0.15, 0.2) is 11.4 Å². The Morgan fingerprint density at radius 3 is 1.97 bits per heavy atom. The van der Waals surface area contributed by atoms with Gasteiger partial charge in [-0.25, -0.2) is 13.6 Å². The fourth-order valence-corrected chi connectivity index (χ4v) is 3.50. The van der Waals surface area contributed by atoms with Gasteiger partial charge in [0, 0.05) is 12.7 Å². The summed E-state index contributed by atoms with van der Waals surface area (Å²) in [5.74, 6) is -4.11. The van der Waals surface area contributed by atoms with Crippen molar-refractivity contribution in [2.75, 3.05) is 11.7 Å². The van der Waals surface area contributed by atoms with Gasteiger partial charge >= 0.3 is 5.97 Å². The molecule has 1 amide bonds. The zero-order chi connectivity index (χ0) is 23.0. The highest BCUT2D eigenvalue weighted by molar-refractivity contribution is 5.97. The molecule has 4 rings (SSSR count). The summed E-state index contributed by atoms with van der Waals surface area (Å²) in [4.78, 5) is 38.2. The van der Waals surface area contributed by atoms with E-state index in [1.807, 2.05) is 0 Å². The van der Waals surface area contributed by atoms with Crippen molar-refractivity contribution in [1.82, 2.24) is 9.58 Å². The number of aromatic nitrogens is 1. The van der Waals surface area contributed by atoms with Crippen molar-refractivity contribution in [2.24, 2.45) is 0 Å². The monoisotopic (exact) mass is 441 g/mol. The van der Waals surface area contributed by atoms with Crippen LogP contribution in [0.5, 0.6) is 5.75 Å². The van der Waals surface area contributed by atoms with E-state index in [1.54, 1.807) is 0 Å². The van der Waals surface area contributed by atoms with Gasteiger partial charge < -0.3 is 15.1 Å². The summed E-state index contributed by atoms with van der Waals surface area (Å²) in [5, 5.41) is 21.3. The average molecular weight is 441 g/mol. The number of amides is 1. The Morgan fingerprint density at radius 2 is 1.44 bits per heavy atom. The fourth-order valence-electron chi connectivity index (χ4n) is 3.50. The van der Waals surface area contributed by atoms with E-state index in [1.165, 1.54) is 58.4 Å². The summed E-state index contributed by atoms with van der Waals surface area (Å²) in [6, 6.07) is 11.1. The SMILES string of the molecule is O=C(O)c1cn2c(c(O)c1=O)C(=O)N(Cc1ccc(F)cc1)CN2Cc1ccc(F)cc1. The number of hydrogen-bond acceptors (Lipinski definition) is 5. The lowest BCUT2D eigenvalue weighted by atomic mass is 10.1. The van der Waals surface area contributed by atoms with Crippen molar-refractivity contribution in [3.05, 3.63) is 99.0 Å². The molecule has 2 aromatic carbocycles. The van der Waals surface area contributed by atoms with Crippen LogP contribution < -0.4 is 10.4 Å². The van der Waals surface area contributed by atoms with E-state index in [0.717, 1.165) is 10.9 Å². The van der Waals surface area contributed by atoms with Crippen LogP contribution >= 0.6 is 0 Å². The van der Waals surface area contributed by atoms with Gasteiger partial charge in [0.2, 0.25) is 5.43 Å². The maximum atomic E-state index is 13.3. The Morgan fingerprint density at radius 1 is 0.906 bits per heavy atom. The minimum Gasteiger partial charge on any atom is -0.502 e. The minimum atomic E-state index is -1.55. The third-order valence-corrected chi connectivity index (χ3v) is 5.09. The first-order valence-electron chi connectivity index (χ1n) is 9.50. The Hall–Kier alpha value is -4.21. The van der Waals surface area contributed by atoms with Crippen molar-refractivity contribution in [3.8, 4) is 5.75 Å². The van der Waals surface area contributed by atoms with Crippen molar-refractivity contribution in [1.29, 1.82) is 0 Å². The molecule has 0 saturated carbocycles. The van der Waals surface area contributed by atoms with E-state index in [4.69, 9.17) is 0 Å². The molecule has 2 N–H and O–H groups in total. The molecule has 0 aliphatic carbocycles. The lowest BCUT2D eigenvalue weighted by molar-refractivity contribution is 0.0654. The van der Waals surface area contributed by atoms with E-state index in [9.17, 15) is 33.4 Å². The number of aromatic hydroxyl groups is 1. The van der Waals surface area contributed by atoms with E-state index in [-0.39, 0.29) is 19.8 Å². The molecule has 1 aliphatic heterocycles. The van der Waals surface area contributed by atoms with Crippen LogP contribution in [-0.4, -0.2) is 38.3 Å². The normalized spacial score (nSPS) is 13.2. The van der Waals surface area contributed by atoms with E-state index < -0.39 is 45.9 Å². The summed E-state index contributed by atoms with van der Waals surface area (Å²) in [7, 11) is 0. The summed E-state index contributed by atoms with van der Waals surface area (Å²) in [6.45, 7) is 0.122. The van der Waals surface area contributed by atoms with Crippen LogP contribution in [0.15, 0.2) is 59.5 Å². The van der Waals surface area contributed by atoms with Gasteiger partial charge in [0.25, 0.3) is 5.91 Å². The second-order valence-corrected chi connectivity index (χ2v) is 7.28. The molecule has 0 saturated heterocycles. The Bertz CT molecular complexity index is 1260. The molecule has 164 valence electrons. The first-order chi connectivity index (χ1) is 15.2. The molecule has 3 aromatic rings. The Kier molecular flexibility index (Phi) is 5.35. The fraction of sp³-hybridized carbons (Fsp3) is 0.136. The zero-order valence-electron chi connectivity index (χ0n) is 16.5. The van der Waals surface area contributed by atoms with E-state index in [0.29, 0.717) is 11.1 Å². The average Bonchev–Trinajstić information content (AvgIpc) is 2.76. The molecule has 32 heavy (non-hydrogen) atoms. The molecule has 0 radical (unpaired) electrons. The standard InChI is InChI=1S/C22H17F2N3O5/c23-15-5-1-13(2-6-15)9-25-12-26(10-14-3-7-16(24)8-4-14)27-11-17(22(31)32)19(28)20(29)18(27)21(25)30/h1-8,11,29H,9-10,12H2,(H,31,32). The Balaban J connectivity index is 1.78. The lowest BCUT2D eigenvalue weighted by Gasteiger charge is -2.40. The first-order valence-corrected chi connectivity index (χ1v) is 9.50. The minimum absolute atomic E-state index is 0.0397. The molecule has 10 heteroatoms. The predicted molar refractivity (Wildman–Crippen MR) is 109 cm³/mol. The van der Waals surface area contributed by atoms with Gasteiger partial charge in [-0.3, -0.25) is 19.3 Å². The van der Waals surface area contributed by atoms with Crippen LogP contribution in [-0.2, 0) is 13.1 Å². The number of fused-ring (bicyclic) bond motifs is 1. The van der Waals surface area contributed by atoms with Crippen LogP contribution in [0.3, 0.4) is 0 Å². The van der Waals surface area contributed by atoms with Crippen molar-refractivity contribution in [2.45, 2.75) is 13.1 Å². The number of rotatable bonds is 5. The first kappa shape index (κ1) is 21.0. The molecule has 0 fully saturated rings. The number of carbonyl (C=O) groups excluding carboxylic acids is 1. The summed E-state index contributed by atoms with van der Waals surface area (Å²) < 4.78 is 27.7. The molecule has 2 heterocycles. The van der Waals surface area contributed by atoms with Gasteiger partial charge in [-0.1, -0.05) is 24.3 Å². The molecule has 0 unspecified atom stereocenters. The quantitative estimate of drug-likeness (QED) is 0.630. The molecular formula is C22H17F2N3O5. The van der Waals surface area contributed by atoms with Gasteiger partial charge in [-0.05, 0) is 35.4 Å². The summed E-state index contributed by atoms with van der Waals surface area (Å²) in [6.07, 6.45) is 0.983. The molecule has 0 atom stereocenters. The van der Waals surface area contributed by atoms with Crippen LogP contribution in [0.4, 0.5) is 8.78 Å². The van der Waals surface area contributed by atoms with Gasteiger partial charge in [0.1, 0.15) is 23.9 Å². The summed E-state index contributed by atoms with van der Waals surface area (Å²) >= 11 is 0. The second-order valence-electron chi connectivity index (χ2n) is 7.28. The highest BCUT2D eigenvalue weighted by Gasteiger charge is 2.34. The van der Waals surface area contributed by atoms with E-state index >= 15 is 0 Å². The van der Waals surface area contributed by atoms with Crippen molar-refractivity contribution < 1.29 is 28.6 Å². The topological polar surface area (TPSA) is 103 Å². The van der Waals surface area contributed by atoms with Crippen LogP contribution in [0.25, 0.3) is 0 Å². The summed E-state index contributed by atoms with van der Waals surface area (Å²) in [5.41, 5.74) is -1.02. The van der Waals surface area contributed by atoms with Crippen LogP contribution in [0.1, 0.15) is 32.0 Å². The number of halogens is 2. The van der Waals surface area contributed by atoms with Crippen molar-refractivity contribution in [3.63, 3.8) is 0 Å². The second kappa shape index (κ2) is 8.14. The molecule has 0 bridgehead atoms. The number of carbonyl (C=O) groups is 2. The Labute approximate surface area is 180 Å². The third kappa shape index (κ3) is 3.89. The van der Waals surface area contributed by atoms with Gasteiger partial charge in [-0.2, -0.15) is 0 Å². The number of hydrogen-bond donors (Lipinski definition) is 2. The highest BCUT2D eigenvalue weighted by atomic mass is 19.1. The maximum Gasteiger partial charge on any atom is 0.341 e. The number of nitrogens with zero attached hydrogens (tertiary/aromatic N) is 3.